The molecule has 2 nitrogen and oxygen atoms in total. The Bertz CT molecular complexity index is 231. The van der Waals surface area contributed by atoms with Crippen molar-refractivity contribution in [2.75, 3.05) is 7.11 Å². The topological polar surface area (TPSA) is 26.3 Å². The van der Waals surface area contributed by atoms with E-state index in [1.807, 2.05) is 0 Å². The molecule has 0 aliphatic rings. The lowest BCUT2D eigenvalue weighted by molar-refractivity contribution is -0.140. The Morgan fingerprint density at radius 1 is 0.810 bits per heavy atom. The quantitative estimate of drug-likeness (QED) is 0.203. The van der Waals surface area contributed by atoms with E-state index in [1.54, 1.807) is 0 Å². The summed E-state index contributed by atoms with van der Waals surface area (Å²) >= 11 is 5.90. The van der Waals surface area contributed by atoms with Crippen LogP contribution in [0.15, 0.2) is 0 Å². The highest BCUT2D eigenvalue weighted by Crippen LogP contribution is 2.14. The van der Waals surface area contributed by atoms with Gasteiger partial charge in [0.25, 0.3) is 0 Å². The fourth-order valence-corrected chi connectivity index (χ4v) is 2.83. The van der Waals surface area contributed by atoms with Crippen LogP contribution in [0, 0.1) is 0 Å². The van der Waals surface area contributed by atoms with Crippen LogP contribution in [0.2, 0.25) is 0 Å². The number of esters is 1. The highest BCUT2D eigenvalue weighted by molar-refractivity contribution is 6.29. The number of halogens is 1. The summed E-state index contributed by atoms with van der Waals surface area (Å²) in [4.78, 5) is 11.1. The van der Waals surface area contributed by atoms with Crippen LogP contribution in [0.4, 0.5) is 0 Å². The number of unbranched alkanes of at least 4 members (excludes halogenated alkanes) is 12. The van der Waals surface area contributed by atoms with Gasteiger partial charge in [-0.25, -0.2) is 0 Å². The van der Waals surface area contributed by atoms with E-state index in [9.17, 15) is 4.79 Å². The maximum atomic E-state index is 11.1. The van der Waals surface area contributed by atoms with Gasteiger partial charge in [0.2, 0.25) is 0 Å². The van der Waals surface area contributed by atoms with Gasteiger partial charge in [0, 0.05) is 0 Å². The van der Waals surface area contributed by atoms with Gasteiger partial charge in [0.15, 0.2) is 0 Å². The van der Waals surface area contributed by atoms with E-state index in [-0.39, 0.29) is 5.97 Å². The second-order valence-corrected chi connectivity index (χ2v) is 6.55. The Balaban J connectivity index is 3.11. The monoisotopic (exact) mass is 318 g/mol. The molecule has 3 heteroatoms. The van der Waals surface area contributed by atoms with Gasteiger partial charge in [-0.3, -0.25) is 4.79 Å². The molecular weight excluding hydrogens is 284 g/mol. The number of rotatable bonds is 15. The van der Waals surface area contributed by atoms with E-state index in [4.69, 9.17) is 11.6 Å². The maximum absolute atomic E-state index is 11.1. The summed E-state index contributed by atoms with van der Waals surface area (Å²) in [5.41, 5.74) is 0. The highest BCUT2D eigenvalue weighted by Gasteiger charge is 2.14. The first-order chi connectivity index (χ1) is 10.2. The fraction of sp³-hybridized carbons (Fsp3) is 0.944. The summed E-state index contributed by atoms with van der Waals surface area (Å²) in [6.07, 6.45) is 18.1. The Kier molecular flexibility index (Phi) is 16.0. The van der Waals surface area contributed by atoms with Crippen LogP contribution in [0.3, 0.4) is 0 Å². The summed E-state index contributed by atoms with van der Waals surface area (Å²) in [5.74, 6) is -0.296. The third kappa shape index (κ3) is 14.5. The Morgan fingerprint density at radius 2 is 1.19 bits per heavy atom. The molecule has 0 heterocycles. The Labute approximate surface area is 137 Å². The van der Waals surface area contributed by atoms with Gasteiger partial charge < -0.3 is 4.74 Å². The molecule has 0 spiro atoms. The summed E-state index contributed by atoms with van der Waals surface area (Å²) in [5, 5.41) is -0.456. The first-order valence-corrected chi connectivity index (χ1v) is 9.38. The molecule has 1 unspecified atom stereocenters. The first-order valence-electron chi connectivity index (χ1n) is 8.94. The lowest BCUT2D eigenvalue weighted by Crippen LogP contribution is -2.15. The Morgan fingerprint density at radius 3 is 1.57 bits per heavy atom. The van der Waals surface area contributed by atoms with Crippen molar-refractivity contribution in [3.63, 3.8) is 0 Å². The number of alkyl halides is 1. The average molecular weight is 319 g/mol. The summed E-state index contributed by atoms with van der Waals surface area (Å²) in [6.45, 7) is 2.27. The van der Waals surface area contributed by atoms with E-state index >= 15 is 0 Å². The normalized spacial score (nSPS) is 12.3. The maximum Gasteiger partial charge on any atom is 0.323 e. The number of ether oxygens (including phenoxy) is 1. The van der Waals surface area contributed by atoms with Gasteiger partial charge in [0.1, 0.15) is 5.38 Å². The van der Waals surface area contributed by atoms with Crippen molar-refractivity contribution in [1.82, 2.24) is 0 Å². The summed E-state index contributed by atoms with van der Waals surface area (Å²) in [6, 6.07) is 0. The van der Waals surface area contributed by atoms with Gasteiger partial charge in [-0.05, 0) is 6.42 Å². The Hall–Kier alpha value is -0.240. The molecule has 0 rings (SSSR count). The molecule has 0 bridgehead atoms. The summed E-state index contributed by atoms with van der Waals surface area (Å²) < 4.78 is 4.61. The van der Waals surface area contributed by atoms with Crippen molar-refractivity contribution >= 4 is 17.6 Å². The zero-order valence-corrected chi connectivity index (χ0v) is 14.9. The van der Waals surface area contributed by atoms with Crippen molar-refractivity contribution in [1.29, 1.82) is 0 Å². The highest BCUT2D eigenvalue weighted by atomic mass is 35.5. The molecule has 0 aromatic carbocycles. The lowest BCUT2D eigenvalue weighted by Gasteiger charge is -2.06. The number of hydrogen-bond donors (Lipinski definition) is 0. The molecular formula is C18H35ClO2. The van der Waals surface area contributed by atoms with Gasteiger partial charge in [-0.2, -0.15) is 0 Å². The fourth-order valence-electron chi connectivity index (χ4n) is 2.59. The van der Waals surface area contributed by atoms with Crippen molar-refractivity contribution in [3.8, 4) is 0 Å². The molecule has 0 saturated carbocycles. The van der Waals surface area contributed by atoms with E-state index in [2.05, 4.69) is 11.7 Å². The van der Waals surface area contributed by atoms with Crippen LogP contribution in [-0.4, -0.2) is 18.5 Å². The van der Waals surface area contributed by atoms with Crippen molar-refractivity contribution < 1.29 is 9.53 Å². The van der Waals surface area contributed by atoms with E-state index in [0.717, 1.165) is 12.8 Å². The minimum atomic E-state index is -0.456. The first kappa shape index (κ1) is 20.8. The van der Waals surface area contributed by atoms with Crippen LogP contribution in [-0.2, 0) is 9.53 Å². The molecule has 0 aromatic rings. The predicted molar refractivity (Wildman–Crippen MR) is 92.0 cm³/mol. The van der Waals surface area contributed by atoms with Crippen LogP contribution < -0.4 is 0 Å². The predicted octanol–water partition coefficient (Wildman–Crippen LogP) is 6.25. The molecule has 0 amide bonds. The molecule has 0 radical (unpaired) electrons. The zero-order valence-electron chi connectivity index (χ0n) is 14.2. The average Bonchev–Trinajstić information content (AvgIpc) is 2.50. The molecule has 0 N–H and O–H groups in total. The molecule has 21 heavy (non-hydrogen) atoms. The van der Waals surface area contributed by atoms with Gasteiger partial charge >= 0.3 is 5.97 Å². The third-order valence-electron chi connectivity index (χ3n) is 4.02. The van der Waals surface area contributed by atoms with Crippen molar-refractivity contribution in [2.24, 2.45) is 0 Å². The largest absolute Gasteiger partial charge is 0.468 e. The zero-order chi connectivity index (χ0) is 15.8. The molecule has 0 aromatic heterocycles. The minimum absolute atomic E-state index is 0.296. The summed E-state index contributed by atoms with van der Waals surface area (Å²) in [7, 11) is 1.39. The van der Waals surface area contributed by atoms with Crippen molar-refractivity contribution in [3.05, 3.63) is 0 Å². The SMILES string of the molecule is CCCCCCCCCCCCCCCC(Cl)C(=O)OC. The van der Waals surface area contributed by atoms with E-state index in [0.29, 0.717) is 0 Å². The van der Waals surface area contributed by atoms with Gasteiger partial charge in [-0.1, -0.05) is 90.4 Å². The smallest absolute Gasteiger partial charge is 0.323 e. The molecule has 126 valence electrons. The van der Waals surface area contributed by atoms with E-state index < -0.39 is 5.38 Å². The van der Waals surface area contributed by atoms with Crippen LogP contribution >= 0.6 is 11.6 Å². The van der Waals surface area contributed by atoms with Crippen LogP contribution in [0.25, 0.3) is 0 Å². The second kappa shape index (κ2) is 16.1. The number of hydrogen-bond acceptors (Lipinski definition) is 2. The molecule has 0 saturated heterocycles. The lowest BCUT2D eigenvalue weighted by atomic mass is 10.0. The van der Waals surface area contributed by atoms with Gasteiger partial charge in [0.05, 0.1) is 7.11 Å². The molecule has 1 atom stereocenters. The number of carbonyl (C=O) groups is 1. The molecule has 0 fully saturated rings. The molecule has 0 aliphatic carbocycles. The van der Waals surface area contributed by atoms with Gasteiger partial charge in [-0.15, -0.1) is 11.6 Å². The third-order valence-corrected chi connectivity index (χ3v) is 4.41. The van der Waals surface area contributed by atoms with Crippen molar-refractivity contribution in [2.45, 2.75) is 102 Å². The molecule has 0 aliphatic heterocycles. The van der Waals surface area contributed by atoms with E-state index in [1.165, 1.54) is 84.2 Å². The minimum Gasteiger partial charge on any atom is -0.468 e. The second-order valence-electron chi connectivity index (χ2n) is 6.02. The number of carbonyl (C=O) groups excluding carboxylic acids is 1. The van der Waals surface area contributed by atoms with Crippen LogP contribution in [0.5, 0.6) is 0 Å². The standard InChI is InChI=1S/C18H35ClO2/c1-3-4-5-6-7-8-9-10-11-12-13-14-15-16-17(19)18(20)21-2/h17H,3-16H2,1-2H3. The number of methoxy groups -OCH3 is 1. The van der Waals surface area contributed by atoms with Crippen LogP contribution in [0.1, 0.15) is 96.8 Å².